The van der Waals surface area contributed by atoms with Crippen LogP contribution in [0.4, 0.5) is 10.1 Å². The fourth-order valence-electron chi connectivity index (χ4n) is 6.69. The van der Waals surface area contributed by atoms with E-state index in [1.165, 1.54) is 6.07 Å². The average molecular weight is 620 g/mol. The zero-order chi connectivity index (χ0) is 29.7. The highest BCUT2D eigenvalue weighted by molar-refractivity contribution is 7.93. The highest BCUT2D eigenvalue weighted by Gasteiger charge is 2.31. The summed E-state index contributed by atoms with van der Waals surface area (Å²) in [6.07, 6.45) is 10.1. The third-order valence-corrected chi connectivity index (χ3v) is 9.77. The molecule has 1 aliphatic heterocycles. The van der Waals surface area contributed by atoms with Gasteiger partial charge in [0.25, 0.3) is 0 Å². The molecule has 2 aliphatic rings. The van der Waals surface area contributed by atoms with Crippen molar-refractivity contribution in [1.29, 1.82) is 0 Å². The first-order valence-corrected chi connectivity index (χ1v) is 16.9. The molecule has 1 saturated heterocycles. The lowest BCUT2D eigenvalue weighted by Gasteiger charge is -2.34. The summed E-state index contributed by atoms with van der Waals surface area (Å²) in [5.41, 5.74) is 2.25. The van der Waals surface area contributed by atoms with Gasteiger partial charge in [-0.1, -0.05) is 36.2 Å². The molecule has 4 N–H and O–H groups in total. The van der Waals surface area contributed by atoms with Gasteiger partial charge in [-0.15, -0.1) is 0 Å². The van der Waals surface area contributed by atoms with Crippen LogP contribution < -0.4 is 16.0 Å². The number of ether oxygens (including phenoxy) is 1. The second-order valence-corrected chi connectivity index (χ2v) is 13.0. The van der Waals surface area contributed by atoms with E-state index in [4.69, 9.17) is 20.9 Å². The van der Waals surface area contributed by atoms with Gasteiger partial charge in [-0.25, -0.2) is 4.39 Å². The lowest BCUT2D eigenvalue weighted by Crippen LogP contribution is -2.42. The Labute approximate surface area is 260 Å². The molecule has 5 unspecified atom stereocenters. The predicted molar refractivity (Wildman–Crippen MR) is 172 cm³/mol. The van der Waals surface area contributed by atoms with E-state index in [9.17, 15) is 4.79 Å². The van der Waals surface area contributed by atoms with Crippen LogP contribution in [0, 0.1) is 11.7 Å². The topological polar surface area (TPSA) is 82.6 Å². The average Bonchev–Trinajstić information content (AvgIpc) is 2.98. The Bertz CT molecular complexity index is 1100. The van der Waals surface area contributed by atoms with Gasteiger partial charge in [0.2, 0.25) is 5.91 Å². The summed E-state index contributed by atoms with van der Waals surface area (Å²) < 4.78 is 29.8. The van der Waals surface area contributed by atoms with Crippen LogP contribution in [0.3, 0.4) is 0 Å². The van der Waals surface area contributed by atoms with Crippen LogP contribution in [-0.4, -0.2) is 54.6 Å². The molecule has 1 saturated carbocycles. The fourth-order valence-corrected chi connectivity index (χ4v) is 7.11. The van der Waals surface area contributed by atoms with E-state index in [0.717, 1.165) is 94.2 Å². The number of hydrogen-bond acceptors (Lipinski definition) is 6. The number of anilines is 1. The Morgan fingerprint density at radius 3 is 2.55 bits per heavy atom. The molecule has 0 spiro atoms. The van der Waals surface area contributed by atoms with E-state index in [-0.39, 0.29) is 29.8 Å². The van der Waals surface area contributed by atoms with E-state index >= 15 is 4.39 Å². The van der Waals surface area contributed by atoms with Crippen molar-refractivity contribution >= 4 is 35.2 Å². The Morgan fingerprint density at radius 1 is 1.10 bits per heavy atom. The standard InChI is InChI=1S/C33H47ClFN3O3S/c1-41-28-7-2-5-24(21-28)30(23-10-12-25(34)13-11-23)22-33(39)38-32-9-3-8-31(35)29(32)15-14-27-17-19-36-26(16-18-37-27)6-4-20-42-40/h3,8-13,24,26-28,30,36-37,40H,2,4-7,14-22H2,1H3,(H,38,39). The maximum absolute atomic E-state index is 15.1. The lowest BCUT2D eigenvalue weighted by atomic mass is 9.74. The molecule has 2 aromatic rings. The van der Waals surface area contributed by atoms with Crippen molar-refractivity contribution in [3.8, 4) is 0 Å². The largest absolute Gasteiger partial charge is 0.381 e. The smallest absolute Gasteiger partial charge is 0.225 e. The molecule has 4 rings (SSSR count). The minimum absolute atomic E-state index is 0.0371. The van der Waals surface area contributed by atoms with Gasteiger partial charge in [-0.3, -0.25) is 4.79 Å². The van der Waals surface area contributed by atoms with Gasteiger partial charge >= 0.3 is 0 Å². The van der Waals surface area contributed by atoms with Gasteiger partial charge in [0.05, 0.1) is 6.10 Å². The van der Waals surface area contributed by atoms with Crippen molar-refractivity contribution in [3.63, 3.8) is 0 Å². The number of carbonyl (C=O) groups is 1. The summed E-state index contributed by atoms with van der Waals surface area (Å²) in [5, 5.41) is 11.1. The zero-order valence-corrected chi connectivity index (χ0v) is 26.3. The number of methoxy groups -OCH3 is 1. The third-order valence-electron chi connectivity index (χ3n) is 9.05. The first-order valence-electron chi connectivity index (χ1n) is 15.6. The second-order valence-electron chi connectivity index (χ2n) is 11.9. The third kappa shape index (κ3) is 10.2. The summed E-state index contributed by atoms with van der Waals surface area (Å²) in [5.74, 6) is 0.764. The maximum Gasteiger partial charge on any atom is 0.225 e. The van der Waals surface area contributed by atoms with Crippen molar-refractivity contribution in [3.05, 3.63) is 64.4 Å². The van der Waals surface area contributed by atoms with Crippen LogP contribution >= 0.6 is 23.6 Å². The molecule has 0 bridgehead atoms. The van der Waals surface area contributed by atoms with Crippen LogP contribution in [0.15, 0.2) is 42.5 Å². The van der Waals surface area contributed by atoms with Crippen molar-refractivity contribution < 1.29 is 18.5 Å². The van der Waals surface area contributed by atoms with E-state index < -0.39 is 0 Å². The Balaban J connectivity index is 1.37. The molecule has 42 heavy (non-hydrogen) atoms. The molecule has 1 heterocycles. The van der Waals surface area contributed by atoms with Crippen molar-refractivity contribution in [2.24, 2.45) is 5.92 Å². The second kappa shape index (κ2) is 17.6. The number of benzene rings is 2. The highest BCUT2D eigenvalue weighted by atomic mass is 35.5. The summed E-state index contributed by atoms with van der Waals surface area (Å²) >= 11 is 7.08. The van der Waals surface area contributed by atoms with Gasteiger partial charge in [-0.2, -0.15) is 0 Å². The minimum atomic E-state index is -0.275. The van der Waals surface area contributed by atoms with Crippen LogP contribution in [0.5, 0.6) is 0 Å². The normalized spacial score (nSPS) is 24.0. The molecule has 0 aromatic heterocycles. The molecular formula is C33H47ClFN3O3S. The molecule has 6 nitrogen and oxygen atoms in total. The van der Waals surface area contributed by atoms with Gasteiger partial charge < -0.3 is 25.2 Å². The first kappa shape index (κ1) is 33.2. The molecule has 1 amide bonds. The van der Waals surface area contributed by atoms with E-state index in [1.54, 1.807) is 13.2 Å². The Hall–Kier alpha value is -1.68. The molecule has 5 atom stereocenters. The highest BCUT2D eigenvalue weighted by Crippen LogP contribution is 2.39. The zero-order valence-electron chi connectivity index (χ0n) is 24.8. The number of carbonyl (C=O) groups excluding carboxylic acids is 1. The molecule has 0 radical (unpaired) electrons. The minimum Gasteiger partial charge on any atom is -0.381 e. The molecule has 2 aromatic carbocycles. The number of amides is 1. The number of rotatable bonds is 13. The van der Waals surface area contributed by atoms with E-state index in [0.29, 0.717) is 41.1 Å². The molecule has 232 valence electrons. The number of nitrogens with one attached hydrogen (secondary N) is 3. The summed E-state index contributed by atoms with van der Waals surface area (Å²) in [6.45, 7) is 1.82. The van der Waals surface area contributed by atoms with Crippen molar-refractivity contribution in [2.45, 2.75) is 94.7 Å². The van der Waals surface area contributed by atoms with Gasteiger partial charge in [0.1, 0.15) is 5.82 Å². The monoisotopic (exact) mass is 619 g/mol. The molecule has 9 heteroatoms. The van der Waals surface area contributed by atoms with Gasteiger partial charge in [0, 0.05) is 47.6 Å². The summed E-state index contributed by atoms with van der Waals surface area (Å²) in [4.78, 5) is 13.5. The van der Waals surface area contributed by atoms with Gasteiger partial charge in [0.15, 0.2) is 0 Å². The Kier molecular flexibility index (Phi) is 13.9. The van der Waals surface area contributed by atoms with Crippen LogP contribution in [0.2, 0.25) is 5.02 Å². The van der Waals surface area contributed by atoms with Crippen LogP contribution in [-0.2, 0) is 16.0 Å². The van der Waals surface area contributed by atoms with Crippen molar-refractivity contribution in [2.75, 3.05) is 31.3 Å². The first-order chi connectivity index (χ1) is 20.5. The van der Waals surface area contributed by atoms with Crippen LogP contribution in [0.1, 0.15) is 81.3 Å². The van der Waals surface area contributed by atoms with Gasteiger partial charge in [-0.05, 0) is 125 Å². The number of halogens is 2. The van der Waals surface area contributed by atoms with E-state index in [2.05, 4.69) is 16.0 Å². The SMILES string of the molecule is COC1CCCC(C(CC(=O)Nc2cccc(F)c2CCC2CCNC(CCCSO)CCN2)c2ccc(Cl)cc2)C1. The lowest BCUT2D eigenvalue weighted by molar-refractivity contribution is -0.117. The van der Waals surface area contributed by atoms with E-state index in [1.807, 2.05) is 30.3 Å². The maximum atomic E-state index is 15.1. The Morgan fingerprint density at radius 2 is 1.83 bits per heavy atom. The quantitative estimate of drug-likeness (QED) is 0.138. The molecular weight excluding hydrogens is 573 g/mol. The fraction of sp³-hybridized carbons (Fsp3) is 0.606. The molecule has 1 aliphatic carbocycles. The molecule has 2 fully saturated rings. The van der Waals surface area contributed by atoms with Crippen LogP contribution in [0.25, 0.3) is 0 Å². The van der Waals surface area contributed by atoms with Crippen molar-refractivity contribution in [1.82, 2.24) is 10.6 Å². The predicted octanol–water partition coefficient (Wildman–Crippen LogP) is 7.43. The summed E-state index contributed by atoms with van der Waals surface area (Å²) in [6, 6.07) is 13.5. The summed E-state index contributed by atoms with van der Waals surface area (Å²) in [7, 11) is 1.77. The number of hydrogen-bond donors (Lipinski definition) is 4.